The lowest BCUT2D eigenvalue weighted by molar-refractivity contribution is -0.130. The summed E-state index contributed by atoms with van der Waals surface area (Å²) in [6.07, 6.45) is 3.24. The van der Waals surface area contributed by atoms with Crippen LogP contribution >= 0.6 is 0 Å². The van der Waals surface area contributed by atoms with Gasteiger partial charge in [0.2, 0.25) is 5.91 Å². The molecule has 0 bridgehead atoms. The number of hydrogen-bond acceptors (Lipinski definition) is 2. The van der Waals surface area contributed by atoms with Crippen molar-refractivity contribution in [2.45, 2.75) is 19.3 Å². The van der Waals surface area contributed by atoms with Crippen molar-refractivity contribution in [3.8, 4) is 0 Å². The quantitative estimate of drug-likeness (QED) is 0.770. The smallest absolute Gasteiger partial charge is 0.223 e. The van der Waals surface area contributed by atoms with Crippen molar-refractivity contribution in [2.75, 3.05) is 13.1 Å². The Morgan fingerprint density at radius 2 is 1.68 bits per heavy atom. The van der Waals surface area contributed by atoms with Gasteiger partial charge >= 0.3 is 0 Å². The van der Waals surface area contributed by atoms with E-state index >= 15 is 0 Å². The summed E-state index contributed by atoms with van der Waals surface area (Å²) in [5, 5.41) is 0. The average Bonchev–Trinajstić information content (AvgIpc) is 2.67. The second kappa shape index (κ2) is 7.88. The Hall–Kier alpha value is -2.75. The minimum absolute atomic E-state index is 0.0150. The highest BCUT2D eigenvalue weighted by molar-refractivity contribution is 5.98. The minimum Gasteiger partial charge on any atom is -0.339 e. The van der Waals surface area contributed by atoms with Crippen LogP contribution in [-0.4, -0.2) is 29.7 Å². The number of rotatable bonds is 5. The Morgan fingerprint density at radius 3 is 2.32 bits per heavy atom. The molecule has 1 heterocycles. The van der Waals surface area contributed by atoms with Crippen LogP contribution in [0.15, 0.2) is 60.7 Å². The Bertz CT molecular complexity index is 781. The van der Waals surface area contributed by atoms with Gasteiger partial charge < -0.3 is 4.90 Å². The molecule has 1 amide bonds. The van der Waals surface area contributed by atoms with Gasteiger partial charge in [0.25, 0.3) is 0 Å². The second-order valence-corrected chi connectivity index (χ2v) is 6.12. The van der Waals surface area contributed by atoms with E-state index in [0.717, 1.165) is 6.42 Å². The first-order chi connectivity index (χ1) is 12.1. The maximum atomic E-state index is 12.9. The summed E-state index contributed by atoms with van der Waals surface area (Å²) in [6.45, 7) is 1.25. The Kier molecular flexibility index (Phi) is 5.39. The number of nitrogens with zero attached hydrogens (tertiary/aromatic N) is 1. The van der Waals surface area contributed by atoms with Crippen LogP contribution in [0.25, 0.3) is 5.57 Å². The van der Waals surface area contributed by atoms with E-state index in [2.05, 4.69) is 18.2 Å². The second-order valence-electron chi connectivity index (χ2n) is 6.12. The minimum atomic E-state index is -0.373. The highest BCUT2D eigenvalue weighted by Crippen LogP contribution is 2.22. The maximum Gasteiger partial charge on any atom is 0.223 e. The fourth-order valence-corrected chi connectivity index (χ4v) is 2.97. The number of Topliss-reactive ketones (excluding diaryl/α,β-unsaturated/α-hetero) is 1. The van der Waals surface area contributed by atoms with Crippen molar-refractivity contribution < 1.29 is 14.0 Å². The number of benzene rings is 2. The number of halogens is 1. The van der Waals surface area contributed by atoms with Crippen molar-refractivity contribution in [1.29, 1.82) is 0 Å². The van der Waals surface area contributed by atoms with E-state index in [-0.39, 0.29) is 30.3 Å². The zero-order valence-corrected chi connectivity index (χ0v) is 14.0. The summed E-state index contributed by atoms with van der Waals surface area (Å²) >= 11 is 0. The van der Waals surface area contributed by atoms with Gasteiger partial charge in [0, 0.05) is 31.5 Å². The third kappa shape index (κ3) is 4.41. The van der Waals surface area contributed by atoms with Gasteiger partial charge in [-0.2, -0.15) is 0 Å². The SMILES string of the molecule is O=C(CCC(=O)N1CC=C(c2ccccc2)CC1)c1ccc(F)cc1. The van der Waals surface area contributed by atoms with Crippen LogP contribution in [0.2, 0.25) is 0 Å². The number of carbonyl (C=O) groups is 2. The van der Waals surface area contributed by atoms with E-state index < -0.39 is 0 Å². The Labute approximate surface area is 146 Å². The van der Waals surface area contributed by atoms with E-state index in [1.54, 1.807) is 4.90 Å². The molecule has 0 spiro atoms. The monoisotopic (exact) mass is 337 g/mol. The molecule has 0 aliphatic carbocycles. The highest BCUT2D eigenvalue weighted by atomic mass is 19.1. The molecule has 1 aliphatic rings. The fourth-order valence-electron chi connectivity index (χ4n) is 2.97. The molecule has 0 aromatic heterocycles. The van der Waals surface area contributed by atoms with Crippen LogP contribution in [-0.2, 0) is 4.79 Å². The number of carbonyl (C=O) groups excluding carboxylic acids is 2. The molecule has 0 radical (unpaired) electrons. The molecule has 3 nitrogen and oxygen atoms in total. The number of ketones is 1. The van der Waals surface area contributed by atoms with Crippen molar-refractivity contribution in [1.82, 2.24) is 4.90 Å². The van der Waals surface area contributed by atoms with E-state index in [1.807, 2.05) is 18.2 Å². The summed E-state index contributed by atoms with van der Waals surface area (Å²) in [4.78, 5) is 26.2. The number of hydrogen-bond donors (Lipinski definition) is 0. The lowest BCUT2D eigenvalue weighted by Crippen LogP contribution is -2.34. The van der Waals surface area contributed by atoms with Crippen LogP contribution in [0, 0.1) is 5.82 Å². The molecule has 2 aromatic carbocycles. The first-order valence-electron chi connectivity index (χ1n) is 8.44. The molecule has 25 heavy (non-hydrogen) atoms. The predicted molar refractivity (Wildman–Crippen MR) is 95.6 cm³/mol. The molecule has 1 aliphatic heterocycles. The van der Waals surface area contributed by atoms with Crippen LogP contribution < -0.4 is 0 Å². The normalized spacial score (nSPS) is 14.1. The highest BCUT2D eigenvalue weighted by Gasteiger charge is 2.19. The van der Waals surface area contributed by atoms with Crippen LogP contribution in [0.5, 0.6) is 0 Å². The van der Waals surface area contributed by atoms with Gasteiger partial charge in [0.1, 0.15) is 5.82 Å². The van der Waals surface area contributed by atoms with Gasteiger partial charge in [-0.05, 0) is 41.8 Å². The van der Waals surface area contributed by atoms with Gasteiger partial charge in [0.15, 0.2) is 5.78 Å². The third-order valence-corrected chi connectivity index (χ3v) is 4.44. The molecule has 2 aromatic rings. The van der Waals surface area contributed by atoms with Gasteiger partial charge in [-0.3, -0.25) is 9.59 Å². The maximum absolute atomic E-state index is 12.9. The van der Waals surface area contributed by atoms with Crippen LogP contribution in [0.3, 0.4) is 0 Å². The summed E-state index contributed by atoms with van der Waals surface area (Å²) in [5.74, 6) is -0.522. The van der Waals surface area contributed by atoms with Crippen molar-refractivity contribution in [3.05, 3.63) is 77.6 Å². The molecule has 0 unspecified atom stereocenters. The molecule has 4 heteroatoms. The van der Waals surface area contributed by atoms with Gasteiger partial charge in [-0.1, -0.05) is 36.4 Å². The molecule has 128 valence electrons. The molecule has 0 N–H and O–H groups in total. The molecule has 0 saturated carbocycles. The average molecular weight is 337 g/mol. The topological polar surface area (TPSA) is 37.4 Å². The van der Waals surface area contributed by atoms with E-state index in [1.165, 1.54) is 35.4 Å². The van der Waals surface area contributed by atoms with Crippen LogP contribution in [0.1, 0.15) is 35.2 Å². The first kappa shape index (κ1) is 17.1. The standard InChI is InChI=1S/C21H20FNO2/c22-19-8-6-18(7-9-19)20(24)10-11-21(25)23-14-12-17(13-15-23)16-4-2-1-3-5-16/h1-9,12H,10-11,13-15H2. The first-order valence-corrected chi connectivity index (χ1v) is 8.44. The molecular formula is C21H20FNO2. The van der Waals surface area contributed by atoms with E-state index in [4.69, 9.17) is 0 Å². The summed E-state index contributed by atoms with van der Waals surface area (Å²) in [6, 6.07) is 15.6. The zero-order chi connectivity index (χ0) is 17.6. The van der Waals surface area contributed by atoms with Crippen LogP contribution in [0.4, 0.5) is 4.39 Å². The molecule has 0 fully saturated rings. The van der Waals surface area contributed by atoms with Gasteiger partial charge in [0.05, 0.1) is 0 Å². The van der Waals surface area contributed by atoms with Crippen molar-refractivity contribution in [3.63, 3.8) is 0 Å². The lowest BCUT2D eigenvalue weighted by atomic mass is 9.99. The largest absolute Gasteiger partial charge is 0.339 e. The van der Waals surface area contributed by atoms with Crippen molar-refractivity contribution in [2.24, 2.45) is 0 Å². The summed E-state index contributed by atoms with van der Waals surface area (Å²) in [5.41, 5.74) is 2.90. The summed E-state index contributed by atoms with van der Waals surface area (Å²) < 4.78 is 12.9. The number of amides is 1. The van der Waals surface area contributed by atoms with Gasteiger partial charge in [-0.25, -0.2) is 4.39 Å². The lowest BCUT2D eigenvalue weighted by Gasteiger charge is -2.26. The van der Waals surface area contributed by atoms with Crippen molar-refractivity contribution >= 4 is 17.3 Å². The third-order valence-electron chi connectivity index (χ3n) is 4.44. The Balaban J connectivity index is 1.52. The Morgan fingerprint density at radius 1 is 0.960 bits per heavy atom. The van der Waals surface area contributed by atoms with E-state index in [9.17, 15) is 14.0 Å². The predicted octanol–water partition coefficient (Wildman–Crippen LogP) is 4.10. The molecule has 0 saturated heterocycles. The van der Waals surface area contributed by atoms with Gasteiger partial charge in [-0.15, -0.1) is 0 Å². The van der Waals surface area contributed by atoms with E-state index in [0.29, 0.717) is 18.7 Å². The zero-order valence-electron chi connectivity index (χ0n) is 14.0. The fraction of sp³-hybridized carbons (Fsp3) is 0.238. The summed E-state index contributed by atoms with van der Waals surface area (Å²) in [7, 11) is 0. The molecule has 3 rings (SSSR count). The molecule has 0 atom stereocenters. The molecular weight excluding hydrogens is 317 g/mol.